The quantitative estimate of drug-likeness (QED) is 0.0803. The third-order valence-electron chi connectivity index (χ3n) is 10.7. The van der Waals surface area contributed by atoms with E-state index in [4.69, 9.17) is 42.6 Å². The van der Waals surface area contributed by atoms with Crippen molar-refractivity contribution in [3.8, 4) is 34.5 Å². The summed E-state index contributed by atoms with van der Waals surface area (Å²) in [6.07, 6.45) is 0.283. The summed E-state index contributed by atoms with van der Waals surface area (Å²) in [7, 11) is 8.44. The van der Waals surface area contributed by atoms with E-state index in [9.17, 15) is 0 Å². The number of nitrogens with one attached hydrogen (secondary N) is 1. The van der Waals surface area contributed by atoms with Gasteiger partial charge in [0, 0.05) is 63.7 Å². The lowest BCUT2D eigenvalue weighted by atomic mass is 9.85. The van der Waals surface area contributed by atoms with E-state index in [2.05, 4.69) is 17.4 Å². The lowest BCUT2D eigenvalue weighted by Gasteiger charge is -2.39. The summed E-state index contributed by atoms with van der Waals surface area (Å²) in [4.78, 5) is 0. The molecule has 1 aliphatic rings. The molecule has 304 valence electrons. The van der Waals surface area contributed by atoms with Gasteiger partial charge in [-0.2, -0.15) is 0 Å². The summed E-state index contributed by atoms with van der Waals surface area (Å²) >= 11 is 0. The summed E-state index contributed by atoms with van der Waals surface area (Å²) in [5, 5.41) is 7.50. The summed E-state index contributed by atoms with van der Waals surface area (Å²) < 4.78 is 54.7. The van der Waals surface area contributed by atoms with E-state index in [0.29, 0.717) is 46.1 Å². The number of benzene rings is 6. The molecule has 1 heterocycles. The van der Waals surface area contributed by atoms with Crippen LogP contribution in [0.2, 0.25) is 0 Å². The highest BCUT2D eigenvalue weighted by atomic mass is 16.5. The predicted molar refractivity (Wildman–Crippen MR) is 226 cm³/mol. The predicted octanol–water partition coefficient (Wildman–Crippen LogP) is 8.88. The minimum absolute atomic E-state index is 0.111. The molecule has 0 saturated carbocycles. The van der Waals surface area contributed by atoms with Crippen LogP contribution in [-0.4, -0.2) is 74.1 Å². The van der Waals surface area contributed by atoms with E-state index in [-0.39, 0.29) is 18.1 Å². The minimum Gasteiger partial charge on any atom is -0.496 e. The van der Waals surface area contributed by atoms with Crippen molar-refractivity contribution >= 4 is 21.5 Å². The maximum absolute atomic E-state index is 6.85. The minimum atomic E-state index is -0.235. The van der Waals surface area contributed by atoms with Crippen molar-refractivity contribution in [3.63, 3.8) is 0 Å². The topological polar surface area (TPSA) is 95.1 Å². The van der Waals surface area contributed by atoms with Gasteiger partial charge in [0.1, 0.15) is 34.5 Å². The van der Waals surface area contributed by atoms with Crippen LogP contribution in [0.3, 0.4) is 0 Å². The number of fused-ring (bicyclic) bond motifs is 2. The molecule has 0 amide bonds. The van der Waals surface area contributed by atoms with Crippen molar-refractivity contribution < 1.29 is 42.6 Å². The first-order chi connectivity index (χ1) is 28.6. The Labute approximate surface area is 340 Å². The number of para-hydroxylation sites is 1. The molecule has 1 unspecified atom stereocenters. The molecule has 1 saturated heterocycles. The van der Waals surface area contributed by atoms with Crippen LogP contribution in [0.25, 0.3) is 21.5 Å². The Bertz CT molecular complexity index is 2150. The van der Waals surface area contributed by atoms with E-state index < -0.39 is 0 Å². The molecule has 0 aromatic heterocycles. The Morgan fingerprint density at radius 3 is 1.55 bits per heavy atom. The zero-order valence-corrected chi connectivity index (χ0v) is 34.0. The molecule has 1 fully saturated rings. The van der Waals surface area contributed by atoms with Crippen molar-refractivity contribution in [3.05, 3.63) is 131 Å². The van der Waals surface area contributed by atoms with Crippen LogP contribution in [0.1, 0.15) is 34.6 Å². The van der Waals surface area contributed by atoms with E-state index in [1.54, 1.807) is 35.5 Å². The third kappa shape index (κ3) is 9.11. The van der Waals surface area contributed by atoms with Crippen LogP contribution in [0.4, 0.5) is 0 Å². The molecule has 0 bridgehead atoms. The first-order valence-corrected chi connectivity index (χ1v) is 19.7. The Hall–Kier alpha value is -5.52. The number of rotatable bonds is 19. The number of ether oxygens (including phenoxy) is 9. The van der Waals surface area contributed by atoms with Crippen molar-refractivity contribution in [2.45, 2.75) is 44.4 Å². The highest BCUT2D eigenvalue weighted by Gasteiger charge is 2.37. The Morgan fingerprint density at radius 2 is 1.02 bits per heavy atom. The van der Waals surface area contributed by atoms with Crippen molar-refractivity contribution in [1.82, 2.24) is 5.32 Å². The fourth-order valence-corrected chi connectivity index (χ4v) is 7.93. The van der Waals surface area contributed by atoms with Gasteiger partial charge in [0.2, 0.25) is 0 Å². The van der Waals surface area contributed by atoms with Crippen LogP contribution >= 0.6 is 0 Å². The molecular formula is C48H53NO9. The molecule has 58 heavy (non-hydrogen) atoms. The maximum atomic E-state index is 6.85. The van der Waals surface area contributed by atoms with Gasteiger partial charge in [-0.3, -0.25) is 0 Å². The van der Waals surface area contributed by atoms with Gasteiger partial charge in [-0.1, -0.05) is 78.9 Å². The molecule has 3 atom stereocenters. The highest BCUT2D eigenvalue weighted by Crippen LogP contribution is 2.40. The number of hydrogen-bond donors (Lipinski definition) is 1. The van der Waals surface area contributed by atoms with Gasteiger partial charge in [0.15, 0.2) is 0 Å². The largest absolute Gasteiger partial charge is 0.496 e. The third-order valence-corrected chi connectivity index (χ3v) is 10.7. The molecule has 1 N–H and O–H groups in total. The van der Waals surface area contributed by atoms with E-state index in [0.717, 1.165) is 84.7 Å². The second-order valence-electron chi connectivity index (χ2n) is 14.2. The normalized spacial score (nSPS) is 16.6. The lowest BCUT2D eigenvalue weighted by molar-refractivity contribution is -0.0655. The van der Waals surface area contributed by atoms with Crippen molar-refractivity contribution in [1.29, 1.82) is 0 Å². The van der Waals surface area contributed by atoms with E-state index >= 15 is 0 Å². The summed E-state index contributed by atoms with van der Waals surface area (Å²) in [6, 6.07) is 36.4. The van der Waals surface area contributed by atoms with Gasteiger partial charge in [0.05, 0.1) is 80.8 Å². The van der Waals surface area contributed by atoms with Crippen LogP contribution < -0.4 is 33.7 Å². The summed E-state index contributed by atoms with van der Waals surface area (Å²) in [6.45, 7) is 3.50. The van der Waals surface area contributed by atoms with E-state index in [1.807, 2.05) is 97.1 Å². The van der Waals surface area contributed by atoms with Crippen LogP contribution in [0.15, 0.2) is 109 Å². The molecule has 10 heteroatoms. The molecule has 1 aliphatic heterocycles. The summed E-state index contributed by atoms with van der Waals surface area (Å²) in [5.74, 6) is 4.59. The van der Waals surface area contributed by atoms with Crippen molar-refractivity contribution in [2.75, 3.05) is 61.9 Å². The fourth-order valence-electron chi connectivity index (χ4n) is 7.93. The number of hydrogen-bond acceptors (Lipinski definition) is 10. The Morgan fingerprint density at radius 1 is 0.500 bits per heavy atom. The zero-order valence-electron chi connectivity index (χ0n) is 34.0. The smallest absolute Gasteiger partial charge is 0.132 e. The van der Waals surface area contributed by atoms with Gasteiger partial charge in [-0.05, 0) is 35.9 Å². The fraction of sp³-hybridized carbons (Fsp3) is 0.333. The molecule has 0 spiro atoms. The Balaban J connectivity index is 1.09. The molecule has 0 aliphatic carbocycles. The zero-order chi connectivity index (χ0) is 40.3. The first-order valence-electron chi connectivity index (χ1n) is 19.7. The number of piperidine rings is 1. The van der Waals surface area contributed by atoms with Gasteiger partial charge in [-0.15, -0.1) is 0 Å². The highest BCUT2D eigenvalue weighted by molar-refractivity contribution is 5.95. The first kappa shape index (κ1) is 40.7. The lowest BCUT2D eigenvalue weighted by Crippen LogP contribution is -2.50. The second kappa shape index (κ2) is 19.8. The van der Waals surface area contributed by atoms with Gasteiger partial charge in [0.25, 0.3) is 0 Å². The number of methoxy groups -OCH3 is 5. The van der Waals surface area contributed by atoms with Crippen LogP contribution in [-0.2, 0) is 34.0 Å². The summed E-state index contributed by atoms with van der Waals surface area (Å²) in [5.41, 5.74) is 3.93. The molecule has 6 aromatic carbocycles. The van der Waals surface area contributed by atoms with E-state index in [1.165, 1.54) is 0 Å². The van der Waals surface area contributed by atoms with Crippen LogP contribution in [0, 0.1) is 0 Å². The van der Waals surface area contributed by atoms with Crippen LogP contribution in [0.5, 0.6) is 34.5 Å². The standard InChI is InChI=1S/C48H53NO9/c1-50-41-18-11-6-13-33(41)29-55-23-12-24-56-36-21-19-32(20-22-36)46-44(57-30-34-25-42(51-2)37-14-7-9-16-39(37)47(34)53-4)27-49-28-45(46)58-31-35-26-43(52-3)38-15-8-10-17-40(38)48(35)54-5/h6-11,13-22,25-26,44-46,49H,12,23-24,27-31H2,1-5H3/t44-,45+,46?. The van der Waals surface area contributed by atoms with Gasteiger partial charge < -0.3 is 47.9 Å². The molecular weight excluding hydrogens is 735 g/mol. The Kier molecular flexibility index (Phi) is 13.9. The molecule has 10 nitrogen and oxygen atoms in total. The molecule has 0 radical (unpaired) electrons. The van der Waals surface area contributed by atoms with Gasteiger partial charge >= 0.3 is 0 Å². The molecule has 6 aromatic rings. The van der Waals surface area contributed by atoms with Crippen molar-refractivity contribution in [2.24, 2.45) is 0 Å². The van der Waals surface area contributed by atoms with Gasteiger partial charge in [-0.25, -0.2) is 0 Å². The maximum Gasteiger partial charge on any atom is 0.132 e. The second-order valence-corrected chi connectivity index (χ2v) is 14.2. The monoisotopic (exact) mass is 787 g/mol. The average molecular weight is 788 g/mol. The SMILES string of the molecule is COc1ccccc1COCCCOc1ccc(C2[C@@H](OCc3cc(OC)c4ccccc4c3OC)CNC[C@H]2OCc2cc(OC)c3ccccc3c2OC)cc1. The molecule has 7 rings (SSSR count). The average Bonchev–Trinajstić information content (AvgIpc) is 3.28.